The zero-order chi connectivity index (χ0) is 15.8. The van der Waals surface area contributed by atoms with Crippen LogP contribution in [0.25, 0.3) is 0 Å². The van der Waals surface area contributed by atoms with Crippen LogP contribution in [-0.2, 0) is 17.9 Å². The molecule has 2 aromatic rings. The second-order valence-corrected chi connectivity index (χ2v) is 5.44. The molecular formula is C18H22FNO2. The van der Waals surface area contributed by atoms with Gasteiger partial charge >= 0.3 is 0 Å². The molecule has 0 heterocycles. The van der Waals surface area contributed by atoms with Crippen molar-refractivity contribution < 1.29 is 14.2 Å². The highest BCUT2D eigenvalue weighted by molar-refractivity contribution is 5.17. The number of hydrogen-bond acceptors (Lipinski definition) is 3. The molecule has 22 heavy (non-hydrogen) atoms. The van der Waals surface area contributed by atoms with Crippen LogP contribution in [0.4, 0.5) is 4.39 Å². The summed E-state index contributed by atoms with van der Waals surface area (Å²) >= 11 is 0. The minimum Gasteiger partial charge on any atom is -0.389 e. The van der Waals surface area contributed by atoms with Crippen molar-refractivity contribution in [2.75, 3.05) is 20.2 Å². The van der Waals surface area contributed by atoms with Crippen LogP contribution >= 0.6 is 0 Å². The second kappa shape index (κ2) is 8.63. The van der Waals surface area contributed by atoms with Gasteiger partial charge in [0.25, 0.3) is 0 Å². The molecule has 0 saturated carbocycles. The van der Waals surface area contributed by atoms with Crippen molar-refractivity contribution in [1.82, 2.24) is 4.90 Å². The van der Waals surface area contributed by atoms with Crippen LogP contribution in [0.2, 0.25) is 0 Å². The summed E-state index contributed by atoms with van der Waals surface area (Å²) in [6.07, 6.45) is -0.597. The predicted molar refractivity (Wildman–Crippen MR) is 84.8 cm³/mol. The van der Waals surface area contributed by atoms with E-state index in [4.69, 9.17) is 4.74 Å². The standard InChI is InChI=1S/C18H22FNO2/c1-20(11-16-9-5-6-10-18(16)19)12-17(21)14-22-13-15-7-3-2-4-8-15/h2-10,17,21H,11-14H2,1H3. The average Bonchev–Trinajstić information content (AvgIpc) is 2.50. The minimum atomic E-state index is -0.597. The van der Waals surface area contributed by atoms with Crippen LogP contribution < -0.4 is 0 Å². The van der Waals surface area contributed by atoms with Gasteiger partial charge < -0.3 is 9.84 Å². The molecule has 2 rings (SSSR count). The van der Waals surface area contributed by atoms with Crippen LogP contribution in [-0.4, -0.2) is 36.3 Å². The highest BCUT2D eigenvalue weighted by Gasteiger charge is 2.10. The summed E-state index contributed by atoms with van der Waals surface area (Å²) in [4.78, 5) is 1.88. The first-order valence-corrected chi connectivity index (χ1v) is 7.37. The van der Waals surface area contributed by atoms with Gasteiger partial charge in [0, 0.05) is 18.7 Å². The third kappa shape index (κ3) is 5.56. The molecule has 3 nitrogen and oxygen atoms in total. The molecule has 0 fully saturated rings. The molecule has 0 radical (unpaired) electrons. The molecule has 0 aliphatic rings. The Balaban J connectivity index is 1.70. The van der Waals surface area contributed by atoms with Crippen molar-refractivity contribution >= 4 is 0 Å². The van der Waals surface area contributed by atoms with Gasteiger partial charge in [0.1, 0.15) is 5.82 Å². The summed E-state index contributed by atoms with van der Waals surface area (Å²) in [6.45, 7) is 1.64. The molecule has 1 atom stereocenters. The Morgan fingerprint density at radius 1 is 1.09 bits per heavy atom. The number of aliphatic hydroxyl groups excluding tert-OH is 1. The van der Waals surface area contributed by atoms with Gasteiger partial charge in [0.15, 0.2) is 0 Å². The number of ether oxygens (including phenoxy) is 1. The van der Waals surface area contributed by atoms with E-state index in [0.717, 1.165) is 5.56 Å². The van der Waals surface area contributed by atoms with Gasteiger partial charge in [-0.25, -0.2) is 4.39 Å². The predicted octanol–water partition coefficient (Wildman–Crippen LogP) is 2.84. The van der Waals surface area contributed by atoms with E-state index >= 15 is 0 Å². The molecule has 2 aromatic carbocycles. The normalized spacial score (nSPS) is 12.5. The first-order valence-electron chi connectivity index (χ1n) is 7.37. The van der Waals surface area contributed by atoms with Crippen LogP contribution in [0.1, 0.15) is 11.1 Å². The van der Waals surface area contributed by atoms with Gasteiger partial charge in [0.05, 0.1) is 19.3 Å². The Morgan fingerprint density at radius 3 is 2.50 bits per heavy atom. The fourth-order valence-electron chi connectivity index (χ4n) is 2.28. The number of nitrogens with zero attached hydrogens (tertiary/aromatic N) is 1. The third-order valence-electron chi connectivity index (χ3n) is 3.34. The topological polar surface area (TPSA) is 32.7 Å². The second-order valence-electron chi connectivity index (χ2n) is 5.44. The number of hydrogen-bond donors (Lipinski definition) is 1. The third-order valence-corrected chi connectivity index (χ3v) is 3.34. The maximum absolute atomic E-state index is 13.6. The summed E-state index contributed by atoms with van der Waals surface area (Å²) in [7, 11) is 1.85. The van der Waals surface area contributed by atoms with E-state index in [1.807, 2.05) is 48.3 Å². The Morgan fingerprint density at radius 2 is 1.77 bits per heavy atom. The highest BCUT2D eigenvalue weighted by atomic mass is 19.1. The lowest BCUT2D eigenvalue weighted by atomic mass is 10.2. The van der Waals surface area contributed by atoms with Crippen molar-refractivity contribution in [3.8, 4) is 0 Å². The highest BCUT2D eigenvalue weighted by Crippen LogP contribution is 2.09. The van der Waals surface area contributed by atoms with Crippen molar-refractivity contribution in [3.05, 3.63) is 71.5 Å². The fraction of sp³-hybridized carbons (Fsp3) is 0.333. The zero-order valence-corrected chi connectivity index (χ0v) is 12.8. The molecule has 1 N–H and O–H groups in total. The lowest BCUT2D eigenvalue weighted by molar-refractivity contribution is 0.0126. The van der Waals surface area contributed by atoms with E-state index in [1.54, 1.807) is 12.1 Å². The maximum Gasteiger partial charge on any atom is 0.127 e. The average molecular weight is 303 g/mol. The van der Waals surface area contributed by atoms with Crippen molar-refractivity contribution in [2.24, 2.45) is 0 Å². The molecule has 0 spiro atoms. The Labute approximate surface area is 131 Å². The molecule has 0 aliphatic carbocycles. The number of benzene rings is 2. The van der Waals surface area contributed by atoms with Crippen molar-refractivity contribution in [3.63, 3.8) is 0 Å². The van der Waals surface area contributed by atoms with Gasteiger partial charge in [-0.3, -0.25) is 4.90 Å². The molecule has 1 unspecified atom stereocenters. The van der Waals surface area contributed by atoms with Crippen LogP contribution in [0.5, 0.6) is 0 Å². The number of likely N-dealkylation sites (N-methyl/N-ethyl adjacent to an activating group) is 1. The fourth-order valence-corrected chi connectivity index (χ4v) is 2.28. The van der Waals surface area contributed by atoms with E-state index < -0.39 is 6.10 Å². The van der Waals surface area contributed by atoms with E-state index in [1.165, 1.54) is 6.07 Å². The quantitative estimate of drug-likeness (QED) is 0.814. The van der Waals surface area contributed by atoms with Crippen LogP contribution in [0, 0.1) is 5.82 Å². The Hall–Kier alpha value is -1.75. The number of rotatable bonds is 8. The SMILES string of the molecule is CN(Cc1ccccc1F)CC(O)COCc1ccccc1. The van der Waals surface area contributed by atoms with E-state index in [9.17, 15) is 9.50 Å². The van der Waals surface area contributed by atoms with Gasteiger partial charge in [-0.1, -0.05) is 48.5 Å². The summed E-state index contributed by atoms with van der Waals surface area (Å²) in [5, 5.41) is 9.98. The summed E-state index contributed by atoms with van der Waals surface area (Å²) < 4.78 is 19.1. The van der Waals surface area contributed by atoms with Crippen molar-refractivity contribution in [1.29, 1.82) is 0 Å². The summed E-state index contributed by atoms with van der Waals surface area (Å²) in [6, 6.07) is 16.5. The van der Waals surface area contributed by atoms with Gasteiger partial charge in [-0.2, -0.15) is 0 Å². The molecule has 118 valence electrons. The molecule has 0 bridgehead atoms. The lowest BCUT2D eigenvalue weighted by Gasteiger charge is -2.21. The first-order chi connectivity index (χ1) is 10.6. The zero-order valence-electron chi connectivity index (χ0n) is 12.8. The first kappa shape index (κ1) is 16.6. The van der Waals surface area contributed by atoms with Crippen LogP contribution in [0.3, 0.4) is 0 Å². The van der Waals surface area contributed by atoms with E-state index in [0.29, 0.717) is 25.3 Å². The molecular weight excluding hydrogens is 281 g/mol. The Bertz CT molecular complexity index is 562. The molecule has 0 aromatic heterocycles. The monoisotopic (exact) mass is 303 g/mol. The molecule has 4 heteroatoms. The van der Waals surface area contributed by atoms with E-state index in [-0.39, 0.29) is 12.4 Å². The number of aliphatic hydroxyl groups is 1. The lowest BCUT2D eigenvalue weighted by Crippen LogP contribution is -2.32. The van der Waals surface area contributed by atoms with Gasteiger partial charge in [-0.05, 0) is 18.7 Å². The largest absolute Gasteiger partial charge is 0.389 e. The molecule has 0 saturated heterocycles. The minimum absolute atomic E-state index is 0.218. The van der Waals surface area contributed by atoms with Crippen molar-refractivity contribution in [2.45, 2.75) is 19.3 Å². The number of halogens is 1. The molecule has 0 aliphatic heterocycles. The summed E-state index contributed by atoms with van der Waals surface area (Å²) in [5.74, 6) is -0.218. The summed E-state index contributed by atoms with van der Waals surface area (Å²) in [5.41, 5.74) is 1.71. The maximum atomic E-state index is 13.6. The van der Waals surface area contributed by atoms with E-state index in [2.05, 4.69) is 0 Å². The van der Waals surface area contributed by atoms with Gasteiger partial charge in [0.2, 0.25) is 0 Å². The Kier molecular flexibility index (Phi) is 6.52. The smallest absolute Gasteiger partial charge is 0.127 e. The van der Waals surface area contributed by atoms with Gasteiger partial charge in [-0.15, -0.1) is 0 Å². The van der Waals surface area contributed by atoms with Crippen LogP contribution in [0.15, 0.2) is 54.6 Å². The molecule has 0 amide bonds.